The highest BCUT2D eigenvalue weighted by atomic mass is 16.5. The molecule has 0 aliphatic rings. The van der Waals surface area contributed by atoms with Crippen molar-refractivity contribution in [1.82, 2.24) is 10.1 Å². The predicted octanol–water partition coefficient (Wildman–Crippen LogP) is 2.84. The number of rotatable bonds is 5. The van der Waals surface area contributed by atoms with Crippen LogP contribution in [0.3, 0.4) is 0 Å². The Labute approximate surface area is 160 Å². The second-order valence-corrected chi connectivity index (χ2v) is 5.95. The number of aryl methyl sites for hydroxylation is 1. The Balaban J connectivity index is 1.68. The van der Waals surface area contributed by atoms with Gasteiger partial charge in [-0.05, 0) is 37.3 Å². The van der Waals surface area contributed by atoms with E-state index in [4.69, 9.17) is 4.52 Å². The van der Waals surface area contributed by atoms with Crippen LogP contribution in [0, 0.1) is 6.92 Å². The van der Waals surface area contributed by atoms with Crippen LogP contribution < -0.4 is 16.0 Å². The molecule has 142 valence electrons. The predicted molar refractivity (Wildman–Crippen MR) is 102 cm³/mol. The molecule has 0 atom stereocenters. The molecular weight excluding hydrogens is 362 g/mol. The molecule has 0 unspecified atom stereocenters. The smallest absolute Gasteiger partial charge is 0.258 e. The molecule has 0 aliphatic carbocycles. The molecule has 0 fully saturated rings. The summed E-state index contributed by atoms with van der Waals surface area (Å²) in [4.78, 5) is 39.7. The molecule has 1 aromatic carbocycles. The summed E-state index contributed by atoms with van der Waals surface area (Å²) in [6.45, 7) is 3.12. The van der Waals surface area contributed by atoms with Gasteiger partial charge in [-0.2, -0.15) is 0 Å². The monoisotopic (exact) mass is 379 g/mol. The molecule has 2 heterocycles. The number of anilines is 3. The molecule has 3 rings (SSSR count). The van der Waals surface area contributed by atoms with Crippen molar-refractivity contribution in [3.63, 3.8) is 0 Å². The van der Waals surface area contributed by atoms with Gasteiger partial charge in [0, 0.05) is 36.8 Å². The number of carbonyl (C=O) groups excluding carboxylic acids is 3. The Morgan fingerprint density at radius 3 is 1.96 bits per heavy atom. The second-order valence-electron chi connectivity index (χ2n) is 5.95. The van der Waals surface area contributed by atoms with Crippen molar-refractivity contribution in [3.8, 4) is 0 Å². The zero-order valence-electron chi connectivity index (χ0n) is 15.1. The van der Waals surface area contributed by atoms with Crippen molar-refractivity contribution >= 4 is 34.9 Å². The van der Waals surface area contributed by atoms with Gasteiger partial charge in [-0.1, -0.05) is 5.16 Å². The number of pyridine rings is 1. The minimum absolute atomic E-state index is 0.182. The summed E-state index contributed by atoms with van der Waals surface area (Å²) in [6.07, 6.45) is 2.71. The Morgan fingerprint density at radius 2 is 1.43 bits per heavy atom. The van der Waals surface area contributed by atoms with Crippen molar-refractivity contribution in [1.29, 1.82) is 0 Å². The topological polar surface area (TPSA) is 126 Å². The lowest BCUT2D eigenvalue weighted by Gasteiger charge is -2.08. The van der Waals surface area contributed by atoms with Crippen LogP contribution in [0.5, 0.6) is 0 Å². The third-order valence-corrected chi connectivity index (χ3v) is 3.60. The van der Waals surface area contributed by atoms with Crippen LogP contribution in [0.2, 0.25) is 0 Å². The van der Waals surface area contributed by atoms with Gasteiger partial charge in [0.15, 0.2) is 5.82 Å². The Kier molecular flexibility index (Phi) is 5.45. The molecular formula is C19H17N5O4. The molecule has 0 aliphatic heterocycles. The van der Waals surface area contributed by atoms with Crippen LogP contribution in [-0.2, 0) is 4.79 Å². The molecule has 3 aromatic rings. The first-order valence-corrected chi connectivity index (χ1v) is 8.29. The maximum absolute atomic E-state index is 12.4. The second kappa shape index (κ2) is 8.12. The summed E-state index contributed by atoms with van der Waals surface area (Å²) in [5.41, 5.74) is 1.57. The third-order valence-electron chi connectivity index (χ3n) is 3.60. The first-order chi connectivity index (χ1) is 13.4. The van der Waals surface area contributed by atoms with Crippen LogP contribution in [0.25, 0.3) is 0 Å². The number of hydrogen-bond acceptors (Lipinski definition) is 6. The zero-order valence-corrected chi connectivity index (χ0v) is 15.1. The molecule has 9 heteroatoms. The van der Waals surface area contributed by atoms with Crippen LogP contribution in [0.1, 0.15) is 33.4 Å². The number of hydrogen-bond donors (Lipinski definition) is 3. The molecule has 0 radical (unpaired) electrons. The number of amides is 3. The largest absolute Gasteiger partial charge is 0.360 e. The van der Waals surface area contributed by atoms with Crippen LogP contribution >= 0.6 is 0 Å². The van der Waals surface area contributed by atoms with Gasteiger partial charge in [-0.15, -0.1) is 0 Å². The quantitative estimate of drug-likeness (QED) is 0.626. The van der Waals surface area contributed by atoms with E-state index in [2.05, 4.69) is 26.1 Å². The molecule has 3 N–H and O–H groups in total. The Bertz CT molecular complexity index is 1030. The van der Waals surface area contributed by atoms with Gasteiger partial charge < -0.3 is 20.5 Å². The number of aromatic nitrogens is 2. The summed E-state index contributed by atoms with van der Waals surface area (Å²) in [5.74, 6) is -0.233. The number of carbonyl (C=O) groups is 3. The zero-order chi connectivity index (χ0) is 20.1. The maximum atomic E-state index is 12.4. The fourth-order valence-electron chi connectivity index (χ4n) is 2.35. The van der Waals surface area contributed by atoms with Gasteiger partial charge in [0.05, 0.1) is 11.1 Å². The first-order valence-electron chi connectivity index (χ1n) is 8.29. The molecule has 0 spiro atoms. The highest BCUT2D eigenvalue weighted by molar-refractivity contribution is 6.08. The van der Waals surface area contributed by atoms with Gasteiger partial charge in [0.2, 0.25) is 5.91 Å². The highest BCUT2D eigenvalue weighted by Crippen LogP contribution is 2.15. The number of nitrogens with zero attached hydrogens (tertiary/aromatic N) is 2. The Morgan fingerprint density at radius 1 is 0.857 bits per heavy atom. The lowest BCUT2D eigenvalue weighted by molar-refractivity contribution is -0.114. The summed E-state index contributed by atoms with van der Waals surface area (Å²) in [5, 5.41) is 11.6. The van der Waals surface area contributed by atoms with Gasteiger partial charge in [-0.3, -0.25) is 19.4 Å². The lowest BCUT2D eigenvalue weighted by atomic mass is 10.1. The van der Waals surface area contributed by atoms with E-state index in [-0.39, 0.29) is 22.9 Å². The van der Waals surface area contributed by atoms with Crippen molar-refractivity contribution in [2.24, 2.45) is 0 Å². The van der Waals surface area contributed by atoms with E-state index >= 15 is 0 Å². The normalized spacial score (nSPS) is 10.2. The molecule has 9 nitrogen and oxygen atoms in total. The van der Waals surface area contributed by atoms with E-state index in [0.29, 0.717) is 17.1 Å². The van der Waals surface area contributed by atoms with E-state index < -0.39 is 11.8 Å². The number of benzene rings is 1. The molecule has 28 heavy (non-hydrogen) atoms. The van der Waals surface area contributed by atoms with E-state index in [1.165, 1.54) is 25.4 Å². The van der Waals surface area contributed by atoms with Gasteiger partial charge in [-0.25, -0.2) is 0 Å². The van der Waals surface area contributed by atoms with Gasteiger partial charge in [0.1, 0.15) is 5.76 Å². The van der Waals surface area contributed by atoms with Gasteiger partial charge >= 0.3 is 0 Å². The average Bonchev–Trinajstić information content (AvgIpc) is 3.07. The van der Waals surface area contributed by atoms with Crippen molar-refractivity contribution in [2.75, 3.05) is 16.0 Å². The molecule has 0 saturated carbocycles. The maximum Gasteiger partial charge on any atom is 0.258 e. The fourth-order valence-corrected chi connectivity index (χ4v) is 2.35. The molecule has 0 bridgehead atoms. The minimum atomic E-state index is -0.463. The lowest BCUT2D eigenvalue weighted by Crippen LogP contribution is -2.16. The van der Waals surface area contributed by atoms with E-state index in [0.717, 1.165) is 0 Å². The van der Waals surface area contributed by atoms with Crippen molar-refractivity contribution in [3.05, 3.63) is 65.7 Å². The van der Waals surface area contributed by atoms with Crippen LogP contribution in [0.15, 0.2) is 53.3 Å². The Hall–Kier alpha value is -4.01. The van der Waals surface area contributed by atoms with Crippen LogP contribution in [-0.4, -0.2) is 27.9 Å². The number of nitrogens with one attached hydrogen (secondary N) is 3. The first kappa shape index (κ1) is 18.8. The average molecular weight is 379 g/mol. The minimum Gasteiger partial charge on any atom is -0.360 e. The summed E-state index contributed by atoms with van der Waals surface area (Å²) in [7, 11) is 0. The van der Waals surface area contributed by atoms with Gasteiger partial charge in [0.25, 0.3) is 11.8 Å². The highest BCUT2D eigenvalue weighted by Gasteiger charge is 2.13. The SMILES string of the molecule is CC(=O)Nc1ccc(NC(=O)c2cncc(C(=O)Nc3cc(C)on3)c2)cc1. The summed E-state index contributed by atoms with van der Waals surface area (Å²) < 4.78 is 4.89. The van der Waals surface area contributed by atoms with E-state index in [1.54, 1.807) is 37.3 Å². The standard InChI is InChI=1S/C19H17N5O4/c1-11-7-17(24-28-11)23-19(27)14-8-13(9-20-10-14)18(26)22-16-5-3-15(4-6-16)21-12(2)25/h3-10H,1-2H3,(H,21,25)(H,22,26)(H,23,24,27). The van der Waals surface area contributed by atoms with E-state index in [1.807, 2.05) is 0 Å². The van der Waals surface area contributed by atoms with Crippen molar-refractivity contribution < 1.29 is 18.9 Å². The van der Waals surface area contributed by atoms with Crippen LogP contribution in [0.4, 0.5) is 17.2 Å². The molecule has 2 aromatic heterocycles. The fraction of sp³-hybridized carbons (Fsp3) is 0.105. The summed E-state index contributed by atoms with van der Waals surface area (Å²) >= 11 is 0. The van der Waals surface area contributed by atoms with Crippen molar-refractivity contribution in [2.45, 2.75) is 13.8 Å². The third kappa shape index (κ3) is 4.79. The summed E-state index contributed by atoms with van der Waals surface area (Å²) in [6, 6.07) is 9.64. The molecule has 0 saturated heterocycles. The van der Waals surface area contributed by atoms with E-state index in [9.17, 15) is 14.4 Å². The molecule has 3 amide bonds.